The van der Waals surface area contributed by atoms with Crippen LogP contribution in [-0.4, -0.2) is 76.4 Å². The zero-order chi connectivity index (χ0) is 27.5. The summed E-state index contributed by atoms with van der Waals surface area (Å²) in [6, 6.07) is -0.484. The maximum atomic E-state index is 13.3. The molecule has 0 spiro atoms. The molecule has 2 fully saturated rings. The number of hydrogen-bond donors (Lipinski definition) is 2. The lowest BCUT2D eigenvalue weighted by Gasteiger charge is -2.34. The van der Waals surface area contributed by atoms with Crippen LogP contribution in [0.5, 0.6) is 0 Å². The minimum absolute atomic E-state index is 0.0427. The van der Waals surface area contributed by atoms with E-state index in [1.54, 1.807) is 14.9 Å². The lowest BCUT2D eigenvalue weighted by Crippen LogP contribution is -2.49. The molecular formula is C22H25F6N7O3. The summed E-state index contributed by atoms with van der Waals surface area (Å²) < 4.78 is 83.6. The molecule has 4 rings (SSSR count). The molecule has 2 aromatic rings. The fraction of sp³-hybridized carbons (Fsp3) is 0.591. The number of nitrogens with zero attached hydrogens (tertiary/aromatic N) is 5. The van der Waals surface area contributed by atoms with Gasteiger partial charge in [-0.1, -0.05) is 0 Å². The van der Waals surface area contributed by atoms with Crippen molar-refractivity contribution in [3.63, 3.8) is 0 Å². The Balaban J connectivity index is 1.22. The predicted octanol–water partition coefficient (Wildman–Crippen LogP) is 2.54. The average molecular weight is 549 g/mol. The SMILES string of the molecule is O=C(CCOC[C@@H](Nc1cn[nH]c(=O)c1C(F)(F)F)C1CC1)N1CCN(c2ncc(C(F)(F)F)cn2)CC1. The monoisotopic (exact) mass is 549 g/mol. The second kappa shape index (κ2) is 11.1. The lowest BCUT2D eigenvalue weighted by molar-refractivity contribution is -0.139. The molecule has 16 heteroatoms. The highest BCUT2D eigenvalue weighted by molar-refractivity contribution is 5.76. The van der Waals surface area contributed by atoms with Gasteiger partial charge in [-0.3, -0.25) is 9.59 Å². The van der Waals surface area contributed by atoms with Crippen LogP contribution in [-0.2, 0) is 21.9 Å². The van der Waals surface area contributed by atoms with Crippen molar-refractivity contribution in [3.05, 3.63) is 40.1 Å². The maximum Gasteiger partial charge on any atom is 0.423 e. The third-order valence-electron chi connectivity index (χ3n) is 6.31. The van der Waals surface area contributed by atoms with E-state index in [-0.39, 0.29) is 37.4 Å². The minimum Gasteiger partial charge on any atom is -0.379 e. The Hall–Kier alpha value is -3.43. The first-order valence-electron chi connectivity index (χ1n) is 11.8. The summed E-state index contributed by atoms with van der Waals surface area (Å²) >= 11 is 0. The van der Waals surface area contributed by atoms with E-state index < -0.39 is 40.8 Å². The molecule has 208 valence electrons. The number of halogens is 6. The van der Waals surface area contributed by atoms with Crippen LogP contribution in [0, 0.1) is 5.92 Å². The largest absolute Gasteiger partial charge is 0.423 e. The summed E-state index contributed by atoms with van der Waals surface area (Å²) in [5.74, 6) is 0.0370. The number of rotatable bonds is 9. The number of H-pyrrole nitrogens is 1. The number of aromatic nitrogens is 4. The number of alkyl halides is 6. The van der Waals surface area contributed by atoms with Gasteiger partial charge in [0.25, 0.3) is 5.56 Å². The van der Waals surface area contributed by atoms with Crippen LogP contribution in [0.4, 0.5) is 38.0 Å². The van der Waals surface area contributed by atoms with Crippen molar-refractivity contribution in [2.75, 3.05) is 49.6 Å². The quantitative estimate of drug-likeness (QED) is 0.362. The van der Waals surface area contributed by atoms with Crippen LogP contribution in [0.2, 0.25) is 0 Å². The van der Waals surface area contributed by atoms with Gasteiger partial charge in [0.15, 0.2) is 0 Å². The zero-order valence-electron chi connectivity index (χ0n) is 20.0. The Bertz CT molecular complexity index is 1160. The van der Waals surface area contributed by atoms with Gasteiger partial charge in [0, 0.05) is 38.6 Å². The van der Waals surface area contributed by atoms with Crippen LogP contribution in [0.3, 0.4) is 0 Å². The molecule has 2 aliphatic rings. The predicted molar refractivity (Wildman–Crippen MR) is 121 cm³/mol. The molecule has 1 amide bonds. The van der Waals surface area contributed by atoms with Gasteiger partial charge >= 0.3 is 12.4 Å². The van der Waals surface area contributed by atoms with E-state index >= 15 is 0 Å². The van der Waals surface area contributed by atoms with E-state index in [2.05, 4.69) is 20.4 Å². The number of anilines is 2. The molecule has 38 heavy (non-hydrogen) atoms. The standard InChI is InChI=1S/C22H25F6N7O3/c23-21(24,25)14-9-29-20(30-10-14)35-6-4-34(5-7-35)17(36)3-8-38-12-16(13-1-2-13)32-15-11-31-33-19(37)18(15)22(26,27)28/h9-11,13,16H,1-8,12H2,(H2,32,33,37)/t16-/m1/s1. The molecule has 1 aliphatic carbocycles. The number of piperazine rings is 1. The normalized spacial score (nSPS) is 17.4. The summed E-state index contributed by atoms with van der Waals surface area (Å²) in [5.41, 5.74) is -4.06. The van der Waals surface area contributed by atoms with Crippen LogP contribution in [0.1, 0.15) is 30.4 Å². The second-order valence-corrected chi connectivity index (χ2v) is 9.04. The number of carbonyl (C=O) groups excluding carboxylic acids is 1. The summed E-state index contributed by atoms with van der Waals surface area (Å²) in [5, 5.41) is 7.98. The Labute approximate surface area is 212 Å². The van der Waals surface area contributed by atoms with Crippen molar-refractivity contribution in [3.8, 4) is 0 Å². The second-order valence-electron chi connectivity index (χ2n) is 9.04. The Kier molecular flexibility index (Phi) is 8.08. The van der Waals surface area contributed by atoms with Crippen molar-refractivity contribution >= 4 is 17.5 Å². The van der Waals surface area contributed by atoms with E-state index in [0.717, 1.165) is 31.4 Å². The van der Waals surface area contributed by atoms with E-state index in [4.69, 9.17) is 4.74 Å². The number of nitrogens with one attached hydrogen (secondary N) is 2. The molecule has 1 atom stereocenters. The van der Waals surface area contributed by atoms with Gasteiger partial charge < -0.3 is 19.9 Å². The van der Waals surface area contributed by atoms with Crippen LogP contribution >= 0.6 is 0 Å². The molecule has 1 saturated heterocycles. The van der Waals surface area contributed by atoms with Gasteiger partial charge in [-0.25, -0.2) is 15.1 Å². The number of aromatic amines is 1. The van der Waals surface area contributed by atoms with Crippen LogP contribution in [0.25, 0.3) is 0 Å². The van der Waals surface area contributed by atoms with Crippen molar-refractivity contribution in [2.45, 2.75) is 37.7 Å². The van der Waals surface area contributed by atoms with Crippen molar-refractivity contribution < 1.29 is 35.9 Å². The van der Waals surface area contributed by atoms with E-state index in [1.807, 2.05) is 0 Å². The van der Waals surface area contributed by atoms with Gasteiger partial charge in [0.1, 0.15) is 5.56 Å². The number of amides is 1. The molecule has 1 aliphatic heterocycles. The lowest BCUT2D eigenvalue weighted by atomic mass is 10.1. The molecule has 0 radical (unpaired) electrons. The maximum absolute atomic E-state index is 13.3. The first-order chi connectivity index (χ1) is 17.9. The average Bonchev–Trinajstić information content (AvgIpc) is 3.70. The third-order valence-corrected chi connectivity index (χ3v) is 6.31. The minimum atomic E-state index is -4.86. The molecule has 0 unspecified atom stereocenters. The third kappa shape index (κ3) is 6.90. The van der Waals surface area contributed by atoms with E-state index in [9.17, 15) is 35.9 Å². The number of carbonyl (C=O) groups is 1. The fourth-order valence-electron chi connectivity index (χ4n) is 4.10. The van der Waals surface area contributed by atoms with Gasteiger partial charge in [-0.05, 0) is 18.8 Å². The zero-order valence-corrected chi connectivity index (χ0v) is 20.0. The molecule has 3 heterocycles. The molecular weight excluding hydrogens is 524 g/mol. The van der Waals surface area contributed by atoms with Gasteiger partial charge in [0.05, 0.1) is 43.1 Å². The number of ether oxygens (including phenoxy) is 1. The highest BCUT2D eigenvalue weighted by Crippen LogP contribution is 2.37. The van der Waals surface area contributed by atoms with Crippen molar-refractivity contribution in [1.82, 2.24) is 25.1 Å². The van der Waals surface area contributed by atoms with Crippen LogP contribution in [0.15, 0.2) is 23.4 Å². The molecule has 10 nitrogen and oxygen atoms in total. The molecule has 0 aromatic carbocycles. The Morgan fingerprint density at radius 3 is 2.29 bits per heavy atom. The Morgan fingerprint density at radius 2 is 1.71 bits per heavy atom. The van der Waals surface area contributed by atoms with Gasteiger partial charge in [0.2, 0.25) is 11.9 Å². The summed E-state index contributed by atoms with van der Waals surface area (Å²) in [6.45, 7) is 1.43. The summed E-state index contributed by atoms with van der Waals surface area (Å²) in [4.78, 5) is 35.1. The van der Waals surface area contributed by atoms with E-state index in [0.29, 0.717) is 26.2 Å². The summed E-state index contributed by atoms with van der Waals surface area (Å²) in [7, 11) is 0. The first-order valence-corrected chi connectivity index (χ1v) is 11.8. The Morgan fingerprint density at radius 1 is 1.05 bits per heavy atom. The van der Waals surface area contributed by atoms with Crippen LogP contribution < -0.4 is 15.8 Å². The van der Waals surface area contributed by atoms with Crippen molar-refractivity contribution in [1.29, 1.82) is 0 Å². The van der Waals surface area contributed by atoms with E-state index in [1.165, 1.54) is 0 Å². The highest BCUT2D eigenvalue weighted by Gasteiger charge is 2.39. The fourth-order valence-corrected chi connectivity index (χ4v) is 4.10. The molecule has 2 N–H and O–H groups in total. The first kappa shape index (κ1) is 27.6. The molecule has 0 bridgehead atoms. The highest BCUT2D eigenvalue weighted by atomic mass is 19.4. The molecule has 1 saturated carbocycles. The molecule has 2 aromatic heterocycles. The van der Waals surface area contributed by atoms with Crippen molar-refractivity contribution in [2.24, 2.45) is 5.92 Å². The smallest absolute Gasteiger partial charge is 0.379 e. The number of hydrogen-bond acceptors (Lipinski definition) is 8. The van der Waals surface area contributed by atoms with Gasteiger partial charge in [-0.2, -0.15) is 31.4 Å². The topological polar surface area (TPSA) is 116 Å². The van der Waals surface area contributed by atoms with Gasteiger partial charge in [-0.15, -0.1) is 0 Å². The summed E-state index contributed by atoms with van der Waals surface area (Å²) in [6.07, 6.45) is -5.38.